The van der Waals surface area contributed by atoms with Crippen molar-refractivity contribution < 1.29 is 4.79 Å². The van der Waals surface area contributed by atoms with Gasteiger partial charge in [0.25, 0.3) is 5.91 Å². The second-order valence-corrected chi connectivity index (χ2v) is 6.25. The molecule has 1 amide bonds. The minimum absolute atomic E-state index is 0.00251. The zero-order valence-corrected chi connectivity index (χ0v) is 13.6. The van der Waals surface area contributed by atoms with Crippen molar-refractivity contribution in [1.29, 1.82) is 0 Å². The first kappa shape index (κ1) is 14.8. The zero-order chi connectivity index (χ0) is 15.5. The van der Waals surface area contributed by atoms with E-state index < -0.39 is 0 Å². The number of fused-ring (bicyclic) bond motifs is 1. The van der Waals surface area contributed by atoms with Crippen molar-refractivity contribution in [2.45, 2.75) is 26.7 Å². The molecule has 0 atom stereocenters. The Balaban J connectivity index is 1.88. The van der Waals surface area contributed by atoms with Crippen LogP contribution in [0.2, 0.25) is 0 Å². The molecular formula is C17H19N3OS. The summed E-state index contributed by atoms with van der Waals surface area (Å²) in [6, 6.07) is 10.1. The van der Waals surface area contributed by atoms with Crippen molar-refractivity contribution in [3.05, 3.63) is 47.1 Å². The molecule has 1 N–H and O–H groups in total. The van der Waals surface area contributed by atoms with E-state index in [1.54, 1.807) is 0 Å². The first-order chi connectivity index (χ1) is 10.7. The third-order valence-electron chi connectivity index (χ3n) is 3.65. The fourth-order valence-electron chi connectivity index (χ4n) is 2.37. The van der Waals surface area contributed by atoms with Crippen molar-refractivity contribution in [3.63, 3.8) is 0 Å². The number of hydrogen-bond donors (Lipinski definition) is 1. The van der Waals surface area contributed by atoms with Crippen molar-refractivity contribution in [2.75, 3.05) is 6.54 Å². The van der Waals surface area contributed by atoms with Crippen LogP contribution in [-0.4, -0.2) is 21.8 Å². The monoisotopic (exact) mass is 313 g/mol. The molecule has 114 valence electrons. The SMILES string of the molecule is CCCCNC(=O)c1sc2nc(-c3ccccc3)cn2c1C. The maximum Gasteiger partial charge on any atom is 0.263 e. The van der Waals surface area contributed by atoms with E-state index in [1.165, 1.54) is 11.3 Å². The maximum absolute atomic E-state index is 12.2. The highest BCUT2D eigenvalue weighted by Gasteiger charge is 2.17. The highest BCUT2D eigenvalue weighted by molar-refractivity contribution is 7.19. The predicted octanol–water partition coefficient (Wildman–Crippen LogP) is 3.90. The number of nitrogens with one attached hydrogen (secondary N) is 1. The van der Waals surface area contributed by atoms with Gasteiger partial charge >= 0.3 is 0 Å². The number of hydrogen-bond acceptors (Lipinski definition) is 3. The zero-order valence-electron chi connectivity index (χ0n) is 12.8. The molecule has 0 unspecified atom stereocenters. The van der Waals surface area contributed by atoms with Crippen LogP contribution in [0.25, 0.3) is 16.2 Å². The van der Waals surface area contributed by atoms with Gasteiger partial charge in [-0.2, -0.15) is 0 Å². The van der Waals surface area contributed by atoms with Crippen LogP contribution in [0.1, 0.15) is 35.1 Å². The fourth-order valence-corrected chi connectivity index (χ4v) is 3.39. The molecule has 2 heterocycles. The molecule has 0 bridgehead atoms. The number of nitrogens with zero attached hydrogens (tertiary/aromatic N) is 2. The normalized spacial score (nSPS) is 11.0. The number of rotatable bonds is 5. The van der Waals surface area contributed by atoms with Gasteiger partial charge in [0.2, 0.25) is 0 Å². The number of aryl methyl sites for hydroxylation is 1. The van der Waals surface area contributed by atoms with Crippen LogP contribution in [0.4, 0.5) is 0 Å². The average molecular weight is 313 g/mol. The highest BCUT2D eigenvalue weighted by atomic mass is 32.1. The van der Waals surface area contributed by atoms with Gasteiger partial charge < -0.3 is 5.32 Å². The Kier molecular flexibility index (Phi) is 4.24. The van der Waals surface area contributed by atoms with Crippen molar-refractivity contribution in [1.82, 2.24) is 14.7 Å². The molecule has 0 aliphatic rings. The Morgan fingerprint density at radius 1 is 1.32 bits per heavy atom. The van der Waals surface area contributed by atoms with E-state index >= 15 is 0 Å². The van der Waals surface area contributed by atoms with Crippen LogP contribution in [0.5, 0.6) is 0 Å². The summed E-state index contributed by atoms with van der Waals surface area (Å²) in [7, 11) is 0. The Bertz CT molecular complexity index is 789. The van der Waals surface area contributed by atoms with Gasteiger partial charge in [-0.05, 0) is 13.3 Å². The molecule has 22 heavy (non-hydrogen) atoms. The lowest BCUT2D eigenvalue weighted by molar-refractivity contribution is 0.0956. The largest absolute Gasteiger partial charge is 0.351 e. The van der Waals surface area contributed by atoms with E-state index in [0.29, 0.717) is 0 Å². The van der Waals surface area contributed by atoms with Crippen LogP contribution < -0.4 is 5.32 Å². The maximum atomic E-state index is 12.2. The van der Waals surface area contributed by atoms with Gasteiger partial charge in [-0.3, -0.25) is 9.20 Å². The second kappa shape index (κ2) is 6.32. The van der Waals surface area contributed by atoms with Gasteiger partial charge in [-0.1, -0.05) is 55.0 Å². The molecule has 0 spiro atoms. The van der Waals surface area contributed by atoms with E-state index in [1.807, 2.05) is 47.9 Å². The average Bonchev–Trinajstić information content (AvgIpc) is 3.08. The van der Waals surface area contributed by atoms with Gasteiger partial charge in [0.15, 0.2) is 4.96 Å². The van der Waals surface area contributed by atoms with Crippen LogP contribution in [0.15, 0.2) is 36.5 Å². The third-order valence-corrected chi connectivity index (χ3v) is 4.80. The lowest BCUT2D eigenvalue weighted by atomic mass is 10.2. The van der Waals surface area contributed by atoms with Crippen molar-refractivity contribution in [2.24, 2.45) is 0 Å². The Hall–Kier alpha value is -2.14. The van der Waals surface area contributed by atoms with Crippen LogP contribution in [0, 0.1) is 6.92 Å². The smallest absolute Gasteiger partial charge is 0.263 e. The summed E-state index contributed by atoms with van der Waals surface area (Å²) in [6.07, 6.45) is 4.08. The molecule has 1 aromatic carbocycles. The van der Waals surface area contributed by atoms with E-state index in [0.717, 1.165) is 46.2 Å². The number of carbonyl (C=O) groups excluding carboxylic acids is 1. The quantitative estimate of drug-likeness (QED) is 0.726. The molecule has 2 aromatic heterocycles. The molecule has 0 saturated carbocycles. The third kappa shape index (κ3) is 2.76. The number of unbranched alkanes of at least 4 members (excludes halogenated alkanes) is 1. The number of imidazole rings is 1. The Morgan fingerprint density at radius 2 is 2.09 bits per heavy atom. The Morgan fingerprint density at radius 3 is 2.77 bits per heavy atom. The summed E-state index contributed by atoms with van der Waals surface area (Å²) in [4.78, 5) is 18.5. The number of thiazole rings is 1. The summed E-state index contributed by atoms with van der Waals surface area (Å²) in [6.45, 7) is 4.81. The molecule has 4 nitrogen and oxygen atoms in total. The molecule has 3 aromatic rings. The fraction of sp³-hybridized carbons (Fsp3) is 0.294. The van der Waals surface area contributed by atoms with Gasteiger partial charge in [-0.15, -0.1) is 0 Å². The summed E-state index contributed by atoms with van der Waals surface area (Å²) in [5.74, 6) is 0.00251. The van der Waals surface area contributed by atoms with E-state index in [4.69, 9.17) is 0 Å². The highest BCUT2D eigenvalue weighted by Crippen LogP contribution is 2.26. The van der Waals surface area contributed by atoms with Crippen LogP contribution in [0.3, 0.4) is 0 Å². The first-order valence-corrected chi connectivity index (χ1v) is 8.34. The van der Waals surface area contributed by atoms with Gasteiger partial charge in [0, 0.05) is 24.0 Å². The Labute approximate surface area is 133 Å². The van der Waals surface area contributed by atoms with Crippen molar-refractivity contribution >= 4 is 22.2 Å². The van der Waals surface area contributed by atoms with Crippen molar-refractivity contribution in [3.8, 4) is 11.3 Å². The molecule has 3 rings (SSSR count). The summed E-state index contributed by atoms with van der Waals surface area (Å²) >= 11 is 1.45. The molecular weight excluding hydrogens is 294 g/mol. The number of carbonyl (C=O) groups is 1. The van der Waals surface area contributed by atoms with E-state index in [2.05, 4.69) is 17.2 Å². The standard InChI is InChI=1S/C17H19N3OS/c1-3-4-10-18-16(21)15-12(2)20-11-14(19-17(20)22-15)13-8-6-5-7-9-13/h5-9,11H,3-4,10H2,1-2H3,(H,18,21). The minimum Gasteiger partial charge on any atom is -0.351 e. The second-order valence-electron chi connectivity index (χ2n) is 5.27. The number of benzene rings is 1. The minimum atomic E-state index is 0.00251. The molecule has 0 radical (unpaired) electrons. The number of amides is 1. The van der Waals surface area contributed by atoms with E-state index in [9.17, 15) is 4.79 Å². The van der Waals surface area contributed by atoms with Gasteiger partial charge in [-0.25, -0.2) is 4.98 Å². The predicted molar refractivity (Wildman–Crippen MR) is 90.5 cm³/mol. The van der Waals surface area contributed by atoms with Gasteiger partial charge in [0.05, 0.1) is 5.69 Å². The van der Waals surface area contributed by atoms with E-state index in [-0.39, 0.29) is 5.91 Å². The molecule has 5 heteroatoms. The summed E-state index contributed by atoms with van der Waals surface area (Å²) in [5, 5.41) is 2.97. The molecule has 0 saturated heterocycles. The lowest BCUT2D eigenvalue weighted by Gasteiger charge is -2.02. The molecule has 0 fully saturated rings. The van der Waals surface area contributed by atoms with Crippen LogP contribution in [-0.2, 0) is 0 Å². The molecule has 0 aliphatic carbocycles. The first-order valence-electron chi connectivity index (χ1n) is 7.53. The van der Waals surface area contributed by atoms with Gasteiger partial charge in [0.1, 0.15) is 4.88 Å². The molecule has 0 aliphatic heterocycles. The lowest BCUT2D eigenvalue weighted by Crippen LogP contribution is -2.24. The topological polar surface area (TPSA) is 46.4 Å². The number of aromatic nitrogens is 2. The van der Waals surface area contributed by atoms with Crippen LogP contribution >= 0.6 is 11.3 Å². The summed E-state index contributed by atoms with van der Waals surface area (Å²) in [5.41, 5.74) is 2.98. The summed E-state index contributed by atoms with van der Waals surface area (Å²) < 4.78 is 2.00.